The summed E-state index contributed by atoms with van der Waals surface area (Å²) in [7, 11) is 0. The lowest BCUT2D eigenvalue weighted by Crippen LogP contribution is -2.17. The van der Waals surface area contributed by atoms with Crippen molar-refractivity contribution in [2.24, 2.45) is 0 Å². The topological polar surface area (TPSA) is 89.0 Å². The van der Waals surface area contributed by atoms with Crippen molar-refractivity contribution in [3.8, 4) is 5.75 Å². The number of rotatable bonds is 8. The van der Waals surface area contributed by atoms with Crippen molar-refractivity contribution in [3.05, 3.63) is 53.8 Å². The summed E-state index contributed by atoms with van der Waals surface area (Å²) in [6, 6.07) is 12.2. The van der Waals surface area contributed by atoms with Gasteiger partial charge in [0.25, 0.3) is 0 Å². The van der Waals surface area contributed by atoms with Crippen LogP contribution < -0.4 is 15.4 Å². The first-order valence-corrected chi connectivity index (χ1v) is 10.5. The maximum atomic E-state index is 12.3. The van der Waals surface area contributed by atoms with Crippen LogP contribution in [0.25, 0.3) is 0 Å². The number of carbonyl (C=O) groups excluding carboxylic acids is 1. The highest BCUT2D eigenvalue weighted by atomic mass is 35.5. The normalized spacial score (nSPS) is 11.2. The largest absolute Gasteiger partial charge is 0.573 e. The standard InChI is InChI=1S/C20H17ClF3N5O2S/c1-2-3-16(30)25-12-6-10-15(11-7-12)32-19-28-17(21)27-18(29-19)26-13-4-8-14(9-5-13)31-20(22,23)24/h4-11H,2-3H2,1H3,(H,25,30)(H,26,27,28,29). The van der Waals surface area contributed by atoms with Crippen LogP contribution in [0.15, 0.2) is 58.6 Å². The highest BCUT2D eigenvalue weighted by Crippen LogP contribution is 2.28. The zero-order chi connectivity index (χ0) is 23.1. The molecule has 0 aliphatic rings. The van der Waals surface area contributed by atoms with E-state index in [-0.39, 0.29) is 22.9 Å². The van der Waals surface area contributed by atoms with Crippen LogP contribution in [-0.2, 0) is 4.79 Å². The van der Waals surface area contributed by atoms with Crippen LogP contribution in [0.5, 0.6) is 5.75 Å². The third kappa shape index (κ3) is 7.57. The molecule has 0 unspecified atom stereocenters. The number of carbonyl (C=O) groups is 1. The lowest BCUT2D eigenvalue weighted by atomic mass is 10.3. The molecule has 0 aliphatic carbocycles. The Labute approximate surface area is 190 Å². The highest BCUT2D eigenvalue weighted by Gasteiger charge is 2.30. The SMILES string of the molecule is CCCC(=O)Nc1ccc(Sc2nc(Cl)nc(Nc3ccc(OC(F)(F)F)cc3)n2)cc1. The zero-order valence-corrected chi connectivity index (χ0v) is 18.2. The summed E-state index contributed by atoms with van der Waals surface area (Å²) in [6.07, 6.45) is -3.54. The minimum absolute atomic E-state index is 0.0501. The average molecular weight is 484 g/mol. The minimum Gasteiger partial charge on any atom is -0.406 e. The second kappa shape index (κ2) is 10.5. The van der Waals surface area contributed by atoms with Crippen LogP contribution in [0.1, 0.15) is 19.8 Å². The number of hydrogen-bond donors (Lipinski definition) is 2. The van der Waals surface area contributed by atoms with Gasteiger partial charge in [0.15, 0.2) is 5.16 Å². The van der Waals surface area contributed by atoms with E-state index in [1.807, 2.05) is 6.92 Å². The Balaban J connectivity index is 1.66. The van der Waals surface area contributed by atoms with E-state index in [4.69, 9.17) is 11.6 Å². The Hall–Kier alpha value is -3.05. The molecule has 0 fully saturated rings. The van der Waals surface area contributed by atoms with Gasteiger partial charge in [0.05, 0.1) is 0 Å². The molecule has 0 bridgehead atoms. The predicted molar refractivity (Wildman–Crippen MR) is 115 cm³/mol. The lowest BCUT2D eigenvalue weighted by molar-refractivity contribution is -0.274. The van der Waals surface area contributed by atoms with Crippen molar-refractivity contribution in [2.45, 2.75) is 36.2 Å². The number of nitrogens with one attached hydrogen (secondary N) is 2. The molecule has 0 saturated carbocycles. The van der Waals surface area contributed by atoms with Crippen molar-refractivity contribution < 1.29 is 22.7 Å². The molecule has 2 N–H and O–H groups in total. The Morgan fingerprint density at radius 1 is 1.03 bits per heavy atom. The van der Waals surface area contributed by atoms with Crippen LogP contribution >= 0.6 is 23.4 Å². The molecular formula is C20H17ClF3N5O2S. The molecule has 0 spiro atoms. The molecule has 7 nitrogen and oxygen atoms in total. The van der Waals surface area contributed by atoms with Gasteiger partial charge in [-0.1, -0.05) is 6.92 Å². The molecule has 0 saturated heterocycles. The number of ether oxygens (including phenoxy) is 1. The number of amides is 1. The molecule has 2 aromatic carbocycles. The second-order valence-corrected chi connectivity index (χ2v) is 7.71. The fraction of sp³-hybridized carbons (Fsp3) is 0.200. The summed E-state index contributed by atoms with van der Waals surface area (Å²) in [5, 5.41) is 5.93. The van der Waals surface area contributed by atoms with Crippen molar-refractivity contribution in [1.29, 1.82) is 0 Å². The molecule has 1 amide bonds. The number of benzene rings is 2. The van der Waals surface area contributed by atoms with Crippen LogP contribution in [0.2, 0.25) is 5.28 Å². The molecule has 0 aliphatic heterocycles. The molecule has 3 aromatic rings. The quantitative estimate of drug-likeness (QED) is 0.402. The first-order chi connectivity index (χ1) is 15.2. The Morgan fingerprint density at radius 2 is 1.69 bits per heavy atom. The lowest BCUT2D eigenvalue weighted by Gasteiger charge is -2.10. The van der Waals surface area contributed by atoms with Crippen molar-refractivity contribution >= 4 is 46.6 Å². The number of hydrogen-bond acceptors (Lipinski definition) is 7. The van der Waals surface area contributed by atoms with Crippen molar-refractivity contribution in [2.75, 3.05) is 10.6 Å². The maximum Gasteiger partial charge on any atom is 0.573 e. The Bertz CT molecular complexity index is 1070. The van der Waals surface area contributed by atoms with E-state index in [2.05, 4.69) is 30.3 Å². The van der Waals surface area contributed by atoms with Gasteiger partial charge in [0.2, 0.25) is 17.1 Å². The summed E-state index contributed by atoms with van der Waals surface area (Å²) in [4.78, 5) is 24.8. The van der Waals surface area contributed by atoms with E-state index < -0.39 is 6.36 Å². The van der Waals surface area contributed by atoms with Crippen LogP contribution in [0, 0.1) is 0 Å². The first kappa shape index (κ1) is 23.6. The van der Waals surface area contributed by atoms with Crippen LogP contribution in [0.3, 0.4) is 0 Å². The number of aromatic nitrogens is 3. The van der Waals surface area contributed by atoms with Gasteiger partial charge in [-0.2, -0.15) is 15.0 Å². The molecule has 168 valence electrons. The summed E-state index contributed by atoms with van der Waals surface area (Å²) in [5.74, 6) is -0.270. The second-order valence-electron chi connectivity index (χ2n) is 6.33. The van der Waals surface area contributed by atoms with Gasteiger partial charge < -0.3 is 15.4 Å². The van der Waals surface area contributed by atoms with Crippen molar-refractivity contribution in [3.63, 3.8) is 0 Å². The van der Waals surface area contributed by atoms with Gasteiger partial charge in [0.1, 0.15) is 5.75 Å². The molecule has 0 radical (unpaired) electrons. The molecule has 32 heavy (non-hydrogen) atoms. The molecule has 1 heterocycles. The van der Waals surface area contributed by atoms with Crippen LogP contribution in [-0.4, -0.2) is 27.2 Å². The van der Waals surface area contributed by atoms with Gasteiger partial charge in [0, 0.05) is 22.7 Å². The fourth-order valence-corrected chi connectivity index (χ4v) is 3.42. The van der Waals surface area contributed by atoms with E-state index in [0.29, 0.717) is 23.0 Å². The summed E-state index contributed by atoms with van der Waals surface area (Å²) >= 11 is 7.21. The smallest absolute Gasteiger partial charge is 0.406 e. The molecule has 12 heteroatoms. The molecular weight excluding hydrogens is 467 g/mol. The zero-order valence-electron chi connectivity index (χ0n) is 16.6. The van der Waals surface area contributed by atoms with Crippen LogP contribution in [0.4, 0.5) is 30.5 Å². The summed E-state index contributed by atoms with van der Waals surface area (Å²) in [5.41, 5.74) is 1.12. The van der Waals surface area contributed by atoms with Gasteiger partial charge in [-0.05, 0) is 78.3 Å². The Kier molecular flexibility index (Phi) is 7.75. The number of anilines is 3. The first-order valence-electron chi connectivity index (χ1n) is 9.32. The summed E-state index contributed by atoms with van der Waals surface area (Å²) in [6.45, 7) is 1.93. The van der Waals surface area contributed by atoms with E-state index in [1.165, 1.54) is 23.9 Å². The third-order valence-corrected chi connectivity index (χ3v) is 4.80. The monoisotopic (exact) mass is 483 g/mol. The average Bonchev–Trinajstić information content (AvgIpc) is 2.70. The molecule has 3 rings (SSSR count). The summed E-state index contributed by atoms with van der Waals surface area (Å²) < 4.78 is 40.6. The number of alkyl halides is 3. The highest BCUT2D eigenvalue weighted by molar-refractivity contribution is 7.99. The van der Waals surface area contributed by atoms with E-state index in [9.17, 15) is 18.0 Å². The number of halogens is 4. The number of nitrogens with zero attached hydrogens (tertiary/aromatic N) is 3. The Morgan fingerprint density at radius 3 is 2.31 bits per heavy atom. The van der Waals surface area contributed by atoms with E-state index in [0.717, 1.165) is 23.4 Å². The predicted octanol–water partition coefficient (Wildman–Crippen LogP) is 6.06. The molecule has 1 aromatic heterocycles. The van der Waals surface area contributed by atoms with E-state index >= 15 is 0 Å². The fourth-order valence-electron chi connectivity index (χ4n) is 2.46. The van der Waals surface area contributed by atoms with Crippen molar-refractivity contribution in [1.82, 2.24) is 15.0 Å². The van der Waals surface area contributed by atoms with Gasteiger partial charge in [-0.15, -0.1) is 13.2 Å². The third-order valence-electron chi connectivity index (χ3n) is 3.76. The maximum absolute atomic E-state index is 12.3. The van der Waals surface area contributed by atoms with Gasteiger partial charge in [-0.3, -0.25) is 4.79 Å². The van der Waals surface area contributed by atoms with E-state index in [1.54, 1.807) is 24.3 Å². The minimum atomic E-state index is -4.76. The van der Waals surface area contributed by atoms with Gasteiger partial charge in [-0.25, -0.2) is 0 Å². The molecule has 0 atom stereocenters. The van der Waals surface area contributed by atoms with Gasteiger partial charge >= 0.3 is 6.36 Å².